The Morgan fingerprint density at radius 2 is 2.44 bits per heavy atom. The number of hydrogen-bond donors (Lipinski definition) is 2. The maximum absolute atomic E-state index is 11.3. The number of anilines is 1. The van der Waals surface area contributed by atoms with E-state index >= 15 is 0 Å². The highest BCUT2D eigenvalue weighted by molar-refractivity contribution is 5.29. The first-order valence-corrected chi connectivity index (χ1v) is 4.88. The first-order valence-electron chi connectivity index (χ1n) is 4.88. The van der Waals surface area contributed by atoms with Gasteiger partial charge in [-0.15, -0.1) is 10.2 Å². The van der Waals surface area contributed by atoms with Gasteiger partial charge in [-0.05, 0) is 0 Å². The molecule has 2 heterocycles. The molecule has 0 radical (unpaired) electrons. The Balaban J connectivity index is 1.92. The molecular weight excluding hydrogens is 208 g/mol. The number of H-pyrrole nitrogens is 1. The SMILES string of the molecule is Cn1cnnc1CCNc1ncc[nH]c1=O. The molecule has 0 saturated carbocycles. The van der Waals surface area contributed by atoms with Gasteiger partial charge in [0, 0.05) is 32.4 Å². The van der Waals surface area contributed by atoms with Gasteiger partial charge in [0.25, 0.3) is 5.56 Å². The van der Waals surface area contributed by atoms with Crippen molar-refractivity contribution in [3.05, 3.63) is 34.9 Å². The summed E-state index contributed by atoms with van der Waals surface area (Å²) in [5, 5.41) is 10.6. The van der Waals surface area contributed by atoms with E-state index in [9.17, 15) is 4.79 Å². The number of hydrogen-bond acceptors (Lipinski definition) is 5. The van der Waals surface area contributed by atoms with Gasteiger partial charge in [-0.25, -0.2) is 4.98 Å². The molecule has 0 aliphatic carbocycles. The van der Waals surface area contributed by atoms with Gasteiger partial charge < -0.3 is 14.9 Å². The molecule has 0 saturated heterocycles. The zero-order valence-electron chi connectivity index (χ0n) is 8.84. The van der Waals surface area contributed by atoms with Gasteiger partial charge in [0.2, 0.25) is 0 Å². The molecule has 0 aliphatic rings. The van der Waals surface area contributed by atoms with Gasteiger partial charge in [0.15, 0.2) is 5.82 Å². The van der Waals surface area contributed by atoms with Crippen molar-refractivity contribution < 1.29 is 0 Å². The lowest BCUT2D eigenvalue weighted by Crippen LogP contribution is -2.17. The number of aryl methyl sites for hydroxylation is 1. The average Bonchev–Trinajstić information content (AvgIpc) is 2.67. The van der Waals surface area contributed by atoms with Gasteiger partial charge in [0.05, 0.1) is 0 Å². The average molecular weight is 220 g/mol. The van der Waals surface area contributed by atoms with Crippen LogP contribution in [0.4, 0.5) is 5.82 Å². The molecule has 0 unspecified atom stereocenters. The van der Waals surface area contributed by atoms with Crippen LogP contribution < -0.4 is 10.9 Å². The highest BCUT2D eigenvalue weighted by Crippen LogP contribution is 1.95. The summed E-state index contributed by atoms with van der Waals surface area (Å²) in [7, 11) is 1.88. The summed E-state index contributed by atoms with van der Waals surface area (Å²) in [6.07, 6.45) is 5.36. The molecular formula is C9H12N6O. The maximum Gasteiger partial charge on any atom is 0.290 e. The van der Waals surface area contributed by atoms with Crippen LogP contribution in [0.1, 0.15) is 5.82 Å². The van der Waals surface area contributed by atoms with Gasteiger partial charge in [0.1, 0.15) is 12.2 Å². The van der Waals surface area contributed by atoms with Crippen LogP contribution in [0.2, 0.25) is 0 Å². The third-order valence-corrected chi connectivity index (χ3v) is 2.15. The van der Waals surface area contributed by atoms with E-state index in [1.54, 1.807) is 6.33 Å². The van der Waals surface area contributed by atoms with E-state index in [0.29, 0.717) is 18.8 Å². The highest BCUT2D eigenvalue weighted by Gasteiger charge is 2.02. The second-order valence-electron chi connectivity index (χ2n) is 3.30. The van der Waals surface area contributed by atoms with E-state index < -0.39 is 0 Å². The summed E-state index contributed by atoms with van der Waals surface area (Å²) in [6, 6.07) is 0. The third kappa shape index (κ3) is 2.25. The Kier molecular flexibility index (Phi) is 2.95. The second kappa shape index (κ2) is 4.56. The van der Waals surface area contributed by atoms with Crippen molar-refractivity contribution in [2.45, 2.75) is 6.42 Å². The minimum atomic E-state index is -0.222. The molecule has 84 valence electrons. The molecule has 2 aromatic heterocycles. The van der Waals surface area contributed by atoms with Crippen LogP contribution in [0.25, 0.3) is 0 Å². The summed E-state index contributed by atoms with van der Waals surface area (Å²) in [5.41, 5.74) is -0.222. The molecule has 0 aromatic carbocycles. The molecule has 0 bridgehead atoms. The number of nitrogens with zero attached hydrogens (tertiary/aromatic N) is 4. The van der Waals surface area contributed by atoms with Crippen molar-refractivity contribution in [1.29, 1.82) is 0 Å². The molecule has 7 nitrogen and oxygen atoms in total. The van der Waals surface area contributed by atoms with E-state index in [2.05, 4.69) is 25.5 Å². The molecule has 2 rings (SSSR count). The fraction of sp³-hybridized carbons (Fsp3) is 0.333. The van der Waals surface area contributed by atoms with Crippen molar-refractivity contribution >= 4 is 5.82 Å². The summed E-state index contributed by atoms with van der Waals surface area (Å²) in [5.74, 6) is 1.18. The maximum atomic E-state index is 11.3. The molecule has 2 N–H and O–H groups in total. The van der Waals surface area contributed by atoms with Crippen LogP contribution in [0.15, 0.2) is 23.5 Å². The van der Waals surface area contributed by atoms with E-state index in [0.717, 1.165) is 5.82 Å². The van der Waals surface area contributed by atoms with Crippen molar-refractivity contribution in [1.82, 2.24) is 24.7 Å². The lowest BCUT2D eigenvalue weighted by atomic mass is 10.4. The lowest BCUT2D eigenvalue weighted by Gasteiger charge is -2.03. The number of aromatic amines is 1. The molecule has 7 heteroatoms. The van der Waals surface area contributed by atoms with Crippen molar-refractivity contribution in [2.24, 2.45) is 7.05 Å². The molecule has 0 atom stereocenters. The van der Waals surface area contributed by atoms with E-state index in [-0.39, 0.29) is 5.56 Å². The molecule has 0 fully saturated rings. The van der Waals surface area contributed by atoms with Crippen molar-refractivity contribution in [3.63, 3.8) is 0 Å². The van der Waals surface area contributed by atoms with E-state index in [1.165, 1.54) is 12.4 Å². The molecule has 2 aromatic rings. The van der Waals surface area contributed by atoms with Crippen LogP contribution in [-0.2, 0) is 13.5 Å². The topological polar surface area (TPSA) is 88.5 Å². The fourth-order valence-electron chi connectivity index (χ4n) is 1.30. The quantitative estimate of drug-likeness (QED) is 0.728. The number of rotatable bonds is 4. The normalized spacial score (nSPS) is 10.3. The number of nitrogens with one attached hydrogen (secondary N) is 2. The first-order chi connectivity index (χ1) is 7.77. The van der Waals surface area contributed by atoms with Gasteiger partial charge in [-0.2, -0.15) is 0 Å². The largest absolute Gasteiger partial charge is 0.365 e. The second-order valence-corrected chi connectivity index (χ2v) is 3.30. The minimum absolute atomic E-state index is 0.222. The van der Waals surface area contributed by atoms with E-state index in [4.69, 9.17) is 0 Å². The molecule has 0 spiro atoms. The van der Waals surface area contributed by atoms with Crippen LogP contribution in [-0.4, -0.2) is 31.3 Å². The molecule has 16 heavy (non-hydrogen) atoms. The molecule has 0 aliphatic heterocycles. The fourth-order valence-corrected chi connectivity index (χ4v) is 1.30. The van der Waals surface area contributed by atoms with Gasteiger partial charge in [-0.1, -0.05) is 0 Å². The smallest absolute Gasteiger partial charge is 0.290 e. The summed E-state index contributed by atoms with van der Waals surface area (Å²) >= 11 is 0. The van der Waals surface area contributed by atoms with E-state index in [1.807, 2.05) is 11.6 Å². The van der Waals surface area contributed by atoms with Crippen molar-refractivity contribution in [2.75, 3.05) is 11.9 Å². The Labute approximate surface area is 91.6 Å². The van der Waals surface area contributed by atoms with Crippen LogP contribution in [0, 0.1) is 0 Å². The van der Waals surface area contributed by atoms with Gasteiger partial charge in [-0.3, -0.25) is 4.79 Å². The Bertz CT molecular complexity index is 516. The Morgan fingerprint density at radius 3 is 3.12 bits per heavy atom. The summed E-state index contributed by atoms with van der Waals surface area (Å²) in [4.78, 5) is 17.7. The van der Waals surface area contributed by atoms with Crippen molar-refractivity contribution in [3.8, 4) is 0 Å². The lowest BCUT2D eigenvalue weighted by molar-refractivity contribution is 0.786. The first kappa shape index (κ1) is 10.3. The van der Waals surface area contributed by atoms with Crippen LogP contribution >= 0.6 is 0 Å². The predicted molar refractivity (Wildman–Crippen MR) is 58.1 cm³/mol. The van der Waals surface area contributed by atoms with Crippen LogP contribution in [0.5, 0.6) is 0 Å². The monoisotopic (exact) mass is 220 g/mol. The zero-order chi connectivity index (χ0) is 11.4. The predicted octanol–water partition coefficient (Wildman–Crippen LogP) is -0.447. The summed E-state index contributed by atoms with van der Waals surface area (Å²) in [6.45, 7) is 0.590. The number of aromatic nitrogens is 5. The van der Waals surface area contributed by atoms with Crippen LogP contribution in [0.3, 0.4) is 0 Å². The standard InChI is InChI=1S/C9H12N6O/c1-15-6-13-14-7(15)2-3-10-8-9(16)12-5-4-11-8/h4-6H,2-3H2,1H3,(H,10,11)(H,12,16). The molecule has 0 amide bonds. The zero-order valence-corrected chi connectivity index (χ0v) is 8.84. The minimum Gasteiger partial charge on any atom is -0.365 e. The highest BCUT2D eigenvalue weighted by atomic mass is 16.1. The summed E-state index contributed by atoms with van der Waals surface area (Å²) < 4.78 is 1.84. The van der Waals surface area contributed by atoms with Gasteiger partial charge >= 0.3 is 0 Å². The third-order valence-electron chi connectivity index (χ3n) is 2.15. The Morgan fingerprint density at radius 1 is 1.56 bits per heavy atom. The Hall–Kier alpha value is -2.18.